The van der Waals surface area contributed by atoms with Gasteiger partial charge < -0.3 is 5.73 Å². The number of aromatic nitrogens is 1. The molecule has 1 aromatic rings. The number of Topliss-reactive ketones (excluding diaryl/α,β-unsaturated/α-hetero) is 1. The van der Waals surface area contributed by atoms with Gasteiger partial charge in [-0.15, -0.1) is 0 Å². The zero-order valence-corrected chi connectivity index (χ0v) is 8.44. The Balaban J connectivity index is 2.35. The van der Waals surface area contributed by atoms with Crippen molar-refractivity contribution in [3.63, 3.8) is 0 Å². The van der Waals surface area contributed by atoms with Crippen molar-refractivity contribution in [1.82, 2.24) is 4.98 Å². The Kier molecular flexibility index (Phi) is 4.26. The molecule has 1 heterocycles. The number of rotatable bonds is 5. The Morgan fingerprint density at radius 1 is 1.50 bits per heavy atom. The van der Waals surface area contributed by atoms with Crippen molar-refractivity contribution in [2.45, 2.75) is 32.2 Å². The van der Waals surface area contributed by atoms with E-state index in [0.717, 1.165) is 12.0 Å². The van der Waals surface area contributed by atoms with E-state index in [1.807, 2.05) is 19.1 Å². The SMILES string of the molecule is CC(N)CCC(=O)Cc1ccncc1. The van der Waals surface area contributed by atoms with Gasteiger partial charge in [0.15, 0.2) is 0 Å². The van der Waals surface area contributed by atoms with Gasteiger partial charge in [0.2, 0.25) is 0 Å². The molecule has 3 nitrogen and oxygen atoms in total. The van der Waals surface area contributed by atoms with Crippen LogP contribution in [-0.4, -0.2) is 16.8 Å². The van der Waals surface area contributed by atoms with Crippen LogP contribution >= 0.6 is 0 Å². The van der Waals surface area contributed by atoms with Crippen LogP contribution in [0.25, 0.3) is 0 Å². The van der Waals surface area contributed by atoms with E-state index in [-0.39, 0.29) is 11.8 Å². The molecular formula is C11H16N2O. The smallest absolute Gasteiger partial charge is 0.137 e. The summed E-state index contributed by atoms with van der Waals surface area (Å²) in [6.07, 6.45) is 5.24. The van der Waals surface area contributed by atoms with Crippen molar-refractivity contribution in [3.05, 3.63) is 30.1 Å². The molecule has 0 aliphatic heterocycles. The van der Waals surface area contributed by atoms with Crippen LogP contribution in [0.5, 0.6) is 0 Å². The first-order valence-corrected chi connectivity index (χ1v) is 4.84. The summed E-state index contributed by atoms with van der Waals surface area (Å²) in [6, 6.07) is 3.84. The van der Waals surface area contributed by atoms with Crippen LogP contribution in [0.15, 0.2) is 24.5 Å². The number of hydrogen-bond acceptors (Lipinski definition) is 3. The Labute approximate surface area is 84.3 Å². The molecule has 0 spiro atoms. The van der Waals surface area contributed by atoms with Gasteiger partial charge in [-0.25, -0.2) is 0 Å². The monoisotopic (exact) mass is 192 g/mol. The fraction of sp³-hybridized carbons (Fsp3) is 0.455. The first kappa shape index (κ1) is 10.9. The van der Waals surface area contributed by atoms with E-state index in [0.29, 0.717) is 12.8 Å². The highest BCUT2D eigenvalue weighted by Gasteiger charge is 2.04. The maximum Gasteiger partial charge on any atom is 0.137 e. The van der Waals surface area contributed by atoms with Gasteiger partial charge in [0.1, 0.15) is 5.78 Å². The van der Waals surface area contributed by atoms with Crippen molar-refractivity contribution in [2.75, 3.05) is 0 Å². The Hall–Kier alpha value is -1.22. The third kappa shape index (κ3) is 4.14. The maximum absolute atomic E-state index is 11.4. The topological polar surface area (TPSA) is 56.0 Å². The molecule has 1 unspecified atom stereocenters. The van der Waals surface area contributed by atoms with Gasteiger partial charge in [-0.2, -0.15) is 0 Å². The molecule has 0 saturated heterocycles. The van der Waals surface area contributed by atoms with E-state index < -0.39 is 0 Å². The summed E-state index contributed by atoms with van der Waals surface area (Å²) in [7, 11) is 0. The number of hydrogen-bond donors (Lipinski definition) is 1. The first-order chi connectivity index (χ1) is 6.68. The standard InChI is InChI=1S/C11H16N2O/c1-9(12)2-3-11(14)8-10-4-6-13-7-5-10/h4-7,9H,2-3,8,12H2,1H3. The number of nitrogens with two attached hydrogens (primary N) is 1. The molecule has 0 amide bonds. The predicted octanol–water partition coefficient (Wildman–Crippen LogP) is 1.32. The van der Waals surface area contributed by atoms with Gasteiger partial charge in [-0.3, -0.25) is 9.78 Å². The molecule has 0 bridgehead atoms. The molecule has 1 aromatic heterocycles. The van der Waals surface area contributed by atoms with Crippen LogP contribution in [0.4, 0.5) is 0 Å². The van der Waals surface area contributed by atoms with E-state index in [4.69, 9.17) is 5.73 Å². The Morgan fingerprint density at radius 2 is 2.14 bits per heavy atom. The van der Waals surface area contributed by atoms with E-state index in [1.165, 1.54) is 0 Å². The van der Waals surface area contributed by atoms with Crippen LogP contribution in [0.1, 0.15) is 25.3 Å². The second-order valence-electron chi connectivity index (χ2n) is 3.59. The molecule has 1 atom stereocenters. The van der Waals surface area contributed by atoms with Crippen LogP contribution in [0.2, 0.25) is 0 Å². The van der Waals surface area contributed by atoms with Gasteiger partial charge in [-0.05, 0) is 31.0 Å². The van der Waals surface area contributed by atoms with Crippen LogP contribution in [0, 0.1) is 0 Å². The number of carbonyl (C=O) groups excluding carboxylic acids is 1. The summed E-state index contributed by atoms with van der Waals surface area (Å²) in [5, 5.41) is 0. The van der Waals surface area contributed by atoms with E-state index in [1.54, 1.807) is 12.4 Å². The van der Waals surface area contributed by atoms with Crippen molar-refractivity contribution in [3.8, 4) is 0 Å². The van der Waals surface area contributed by atoms with Gasteiger partial charge in [0.25, 0.3) is 0 Å². The molecule has 0 radical (unpaired) electrons. The molecule has 0 aliphatic rings. The third-order valence-corrected chi connectivity index (χ3v) is 2.03. The van der Waals surface area contributed by atoms with E-state index in [9.17, 15) is 4.79 Å². The lowest BCUT2D eigenvalue weighted by Gasteiger charge is -2.03. The Morgan fingerprint density at radius 3 is 2.71 bits per heavy atom. The van der Waals surface area contributed by atoms with Gasteiger partial charge in [0.05, 0.1) is 0 Å². The van der Waals surface area contributed by atoms with Gasteiger partial charge in [-0.1, -0.05) is 0 Å². The fourth-order valence-corrected chi connectivity index (χ4v) is 1.21. The highest BCUT2D eigenvalue weighted by atomic mass is 16.1. The second kappa shape index (κ2) is 5.50. The first-order valence-electron chi connectivity index (χ1n) is 4.84. The molecule has 76 valence electrons. The van der Waals surface area contributed by atoms with Crippen molar-refractivity contribution >= 4 is 5.78 Å². The van der Waals surface area contributed by atoms with Gasteiger partial charge >= 0.3 is 0 Å². The lowest BCUT2D eigenvalue weighted by atomic mass is 10.1. The minimum Gasteiger partial charge on any atom is -0.328 e. The molecule has 0 fully saturated rings. The van der Waals surface area contributed by atoms with Gasteiger partial charge in [0, 0.05) is 31.3 Å². The maximum atomic E-state index is 11.4. The summed E-state index contributed by atoms with van der Waals surface area (Å²) in [5.74, 6) is 0.244. The van der Waals surface area contributed by atoms with Crippen molar-refractivity contribution < 1.29 is 4.79 Å². The molecular weight excluding hydrogens is 176 g/mol. The molecule has 2 N–H and O–H groups in total. The molecule has 14 heavy (non-hydrogen) atoms. The summed E-state index contributed by atoms with van der Waals surface area (Å²) >= 11 is 0. The average molecular weight is 192 g/mol. The number of carbonyl (C=O) groups is 1. The predicted molar refractivity (Wildman–Crippen MR) is 55.8 cm³/mol. The lowest BCUT2D eigenvalue weighted by molar-refractivity contribution is -0.118. The molecule has 3 heteroatoms. The average Bonchev–Trinajstić information content (AvgIpc) is 2.16. The minimum absolute atomic E-state index is 0.108. The highest BCUT2D eigenvalue weighted by Crippen LogP contribution is 2.03. The largest absolute Gasteiger partial charge is 0.328 e. The number of ketones is 1. The third-order valence-electron chi connectivity index (χ3n) is 2.03. The second-order valence-corrected chi connectivity index (χ2v) is 3.59. The molecule has 0 aromatic carbocycles. The highest BCUT2D eigenvalue weighted by molar-refractivity contribution is 5.80. The van der Waals surface area contributed by atoms with E-state index >= 15 is 0 Å². The minimum atomic E-state index is 0.108. The summed E-state index contributed by atoms with van der Waals surface area (Å²) in [5.41, 5.74) is 6.59. The summed E-state index contributed by atoms with van der Waals surface area (Å²) in [4.78, 5) is 15.3. The normalized spacial score (nSPS) is 12.4. The fourth-order valence-electron chi connectivity index (χ4n) is 1.21. The molecule has 1 rings (SSSR count). The Bertz CT molecular complexity index is 283. The summed E-state index contributed by atoms with van der Waals surface area (Å²) < 4.78 is 0. The van der Waals surface area contributed by atoms with Crippen LogP contribution in [0.3, 0.4) is 0 Å². The van der Waals surface area contributed by atoms with E-state index in [2.05, 4.69) is 4.98 Å². The number of nitrogens with zero attached hydrogens (tertiary/aromatic N) is 1. The van der Waals surface area contributed by atoms with Crippen LogP contribution in [-0.2, 0) is 11.2 Å². The van der Waals surface area contributed by atoms with Crippen molar-refractivity contribution in [2.24, 2.45) is 5.73 Å². The number of pyridine rings is 1. The van der Waals surface area contributed by atoms with Crippen molar-refractivity contribution in [1.29, 1.82) is 0 Å². The zero-order valence-electron chi connectivity index (χ0n) is 8.44. The molecule has 0 aliphatic carbocycles. The zero-order chi connectivity index (χ0) is 10.4. The molecule has 0 saturated carbocycles. The van der Waals surface area contributed by atoms with Crippen LogP contribution < -0.4 is 5.73 Å². The summed E-state index contributed by atoms with van der Waals surface area (Å²) in [6.45, 7) is 1.92. The lowest BCUT2D eigenvalue weighted by Crippen LogP contribution is -2.16. The quantitative estimate of drug-likeness (QED) is 0.765.